The minimum Gasteiger partial charge on any atom is -0.458 e. The van der Waals surface area contributed by atoms with Gasteiger partial charge in [0.1, 0.15) is 93.2 Å². The molecular formula is C38H14F20N12O8. The van der Waals surface area contributed by atoms with E-state index in [0.29, 0.717) is 0 Å². The molecule has 0 spiro atoms. The maximum atomic E-state index is 14.2. The van der Waals surface area contributed by atoms with Crippen LogP contribution in [-0.2, 0) is 31.3 Å². The molecule has 4 aromatic rings. The first-order valence-electron chi connectivity index (χ1n) is 19.6. The molecule has 0 N–H and O–H groups in total. The molecule has 1 aliphatic carbocycles. The third-order valence-corrected chi connectivity index (χ3v) is 9.71. The summed E-state index contributed by atoms with van der Waals surface area (Å²) in [4.78, 5) is 56.1. The standard InChI is InChI=1S/C20H10F8N6O4.C18H4F12N6O4/c21-9-7(10(22)14(26)17(13(9)25)31-33-29)19(35)37-5-2-1-3-6(4-5)38-20(36)8-11(23)15(27)18(32-34-30)16(28)12(8)24;19-7-3(5(17(25,26)27)9(21)13(11(7)23)33-35-31)15(37)39-1-2-40-16(38)4-6(18(28,29)30)10(22)14(34-36-32)12(24)8(4)20/h5-6H,1-4H2;1-2H2. The number of alkyl halides is 6. The van der Waals surface area contributed by atoms with Crippen molar-refractivity contribution in [1.82, 2.24) is 0 Å². The van der Waals surface area contributed by atoms with Gasteiger partial charge in [-0.2, -0.15) is 26.3 Å². The zero-order valence-electron chi connectivity index (χ0n) is 36.6. The summed E-state index contributed by atoms with van der Waals surface area (Å²) in [6.07, 6.45) is -14.9. The average molecular weight is 1150 g/mol. The quantitative estimate of drug-likeness (QED) is 0.0181. The highest BCUT2D eigenvalue weighted by atomic mass is 19.4. The molecule has 2 unspecified atom stereocenters. The molecule has 0 radical (unpaired) electrons. The number of benzene rings is 4. The molecular weight excluding hydrogens is 1130 g/mol. The fourth-order valence-electron chi connectivity index (χ4n) is 6.49. The normalized spacial score (nSPS) is 14.0. The van der Waals surface area contributed by atoms with E-state index in [2.05, 4.69) is 29.9 Å². The number of halogens is 20. The van der Waals surface area contributed by atoms with Crippen molar-refractivity contribution in [3.05, 3.63) is 157 Å². The second-order valence-electron chi connectivity index (χ2n) is 14.3. The molecule has 1 aliphatic rings. The third kappa shape index (κ3) is 12.5. The first kappa shape index (κ1) is 61.1. The van der Waals surface area contributed by atoms with Gasteiger partial charge in [0.15, 0.2) is 69.8 Å². The van der Waals surface area contributed by atoms with Crippen LogP contribution < -0.4 is 0 Å². The van der Waals surface area contributed by atoms with Gasteiger partial charge in [0, 0.05) is 26.1 Å². The number of esters is 4. The van der Waals surface area contributed by atoms with Crippen molar-refractivity contribution in [2.24, 2.45) is 20.5 Å². The fourth-order valence-corrected chi connectivity index (χ4v) is 6.49. The molecule has 0 aliphatic heterocycles. The average Bonchev–Trinajstić information content (AvgIpc) is 3.43. The molecule has 1 saturated carbocycles. The molecule has 0 aromatic heterocycles. The summed E-state index contributed by atoms with van der Waals surface area (Å²) >= 11 is 0. The Balaban J connectivity index is 0.000000337. The van der Waals surface area contributed by atoms with Gasteiger partial charge in [0.05, 0.1) is 0 Å². The van der Waals surface area contributed by atoms with Crippen LogP contribution in [0, 0.1) is 81.4 Å². The predicted molar refractivity (Wildman–Crippen MR) is 208 cm³/mol. The Morgan fingerprint density at radius 3 is 0.885 bits per heavy atom. The molecule has 20 nitrogen and oxygen atoms in total. The monoisotopic (exact) mass is 1150 g/mol. The highest BCUT2D eigenvalue weighted by molar-refractivity contribution is 5.94. The maximum absolute atomic E-state index is 14.2. The van der Waals surface area contributed by atoms with Crippen molar-refractivity contribution in [1.29, 1.82) is 0 Å². The summed E-state index contributed by atoms with van der Waals surface area (Å²) in [5.41, 5.74) is 11.3. The molecule has 2 atom stereocenters. The number of ether oxygens (including phenoxy) is 4. The van der Waals surface area contributed by atoms with Gasteiger partial charge in [0.2, 0.25) is 0 Å². The Morgan fingerprint density at radius 1 is 0.397 bits per heavy atom. The second kappa shape index (κ2) is 24.5. The van der Waals surface area contributed by atoms with E-state index in [9.17, 15) is 107 Å². The molecule has 40 heteroatoms. The largest absolute Gasteiger partial charge is 0.458 e. The number of carbonyl (C=O) groups excluding carboxylic acids is 4. The lowest BCUT2D eigenvalue weighted by atomic mass is 9.94. The zero-order valence-corrected chi connectivity index (χ0v) is 36.6. The SMILES string of the molecule is [N-]=[N+]=Nc1c(F)c(F)c(C(=O)OC2CCCC(OC(=O)c3c(F)c(F)c(N=[N+]=[N-])c(F)c3F)C2)c(F)c1F.[N-]=[N+]=Nc1c(F)c(F)c(C(=O)OCCOC(=O)c2c(F)c(F)c(N=[N+]=[N-])c(F)c2C(F)(F)F)c(C(F)(F)F)c1F. The van der Waals surface area contributed by atoms with Crippen molar-refractivity contribution in [3.63, 3.8) is 0 Å². The van der Waals surface area contributed by atoms with Gasteiger partial charge in [-0.15, -0.1) is 0 Å². The minimum atomic E-state index is -5.93. The number of nitrogens with zero attached hydrogens (tertiary/aromatic N) is 12. The van der Waals surface area contributed by atoms with Crippen molar-refractivity contribution in [2.75, 3.05) is 13.2 Å². The topological polar surface area (TPSA) is 300 Å². The number of hydrogen-bond acceptors (Lipinski definition) is 12. The smallest absolute Gasteiger partial charge is 0.420 e. The lowest BCUT2D eigenvalue weighted by Gasteiger charge is -2.29. The highest BCUT2D eigenvalue weighted by Crippen LogP contribution is 2.43. The van der Waals surface area contributed by atoms with Crippen molar-refractivity contribution < 1.29 is 126 Å². The third-order valence-electron chi connectivity index (χ3n) is 9.71. The van der Waals surface area contributed by atoms with Gasteiger partial charge in [-0.05, 0) is 41.4 Å². The lowest BCUT2D eigenvalue weighted by Crippen LogP contribution is -2.32. The van der Waals surface area contributed by atoms with E-state index < -0.39 is 206 Å². The summed E-state index contributed by atoms with van der Waals surface area (Å²) < 4.78 is 294. The zero-order chi connectivity index (χ0) is 59.0. The summed E-state index contributed by atoms with van der Waals surface area (Å²) in [5, 5.41) is 9.38. The first-order valence-corrected chi connectivity index (χ1v) is 19.6. The van der Waals surface area contributed by atoms with Crippen LogP contribution >= 0.6 is 0 Å². The Hall–Kier alpha value is -9.40. The van der Waals surface area contributed by atoms with E-state index in [-0.39, 0.29) is 19.3 Å². The number of azide groups is 4. The van der Waals surface area contributed by atoms with E-state index in [1.54, 1.807) is 9.82 Å². The van der Waals surface area contributed by atoms with E-state index in [1.807, 2.05) is 9.82 Å². The molecule has 0 saturated heterocycles. The maximum Gasteiger partial charge on any atom is 0.420 e. The number of hydrogen-bond donors (Lipinski definition) is 0. The molecule has 78 heavy (non-hydrogen) atoms. The van der Waals surface area contributed by atoms with Gasteiger partial charge in [-0.3, -0.25) is 0 Å². The van der Waals surface area contributed by atoms with Gasteiger partial charge in [-0.1, -0.05) is 20.5 Å². The van der Waals surface area contributed by atoms with Crippen LogP contribution in [0.15, 0.2) is 20.5 Å². The van der Waals surface area contributed by atoms with Crippen LogP contribution in [0.5, 0.6) is 0 Å². The lowest BCUT2D eigenvalue weighted by molar-refractivity contribution is -0.141. The Kier molecular flexibility index (Phi) is 19.2. The molecule has 0 heterocycles. The Morgan fingerprint density at radius 2 is 0.641 bits per heavy atom. The van der Waals surface area contributed by atoms with E-state index in [0.717, 1.165) is 0 Å². The van der Waals surface area contributed by atoms with Crippen LogP contribution in [0.2, 0.25) is 0 Å². The van der Waals surface area contributed by atoms with E-state index >= 15 is 0 Å². The van der Waals surface area contributed by atoms with E-state index in [1.165, 1.54) is 0 Å². The summed E-state index contributed by atoms with van der Waals surface area (Å²) in [7, 11) is 0. The number of rotatable bonds is 13. The van der Waals surface area contributed by atoms with Crippen LogP contribution in [0.4, 0.5) is 111 Å². The molecule has 4 aromatic carbocycles. The number of carbonyl (C=O) groups is 4. The summed E-state index contributed by atoms with van der Waals surface area (Å²) in [6.45, 7) is -3.01. The second-order valence-corrected chi connectivity index (χ2v) is 14.3. The van der Waals surface area contributed by atoms with Crippen LogP contribution in [0.3, 0.4) is 0 Å². The first-order chi connectivity index (χ1) is 36.3. The molecule has 0 amide bonds. The summed E-state index contributed by atoms with van der Waals surface area (Å²) in [6, 6.07) is 0. The molecule has 5 rings (SSSR count). The van der Waals surface area contributed by atoms with E-state index in [4.69, 9.17) is 31.6 Å². The molecule has 1 fully saturated rings. The Bertz CT molecular complexity index is 3100. The molecule has 0 bridgehead atoms. The highest BCUT2D eigenvalue weighted by Gasteiger charge is 2.46. The van der Waals surface area contributed by atoms with Gasteiger partial charge >= 0.3 is 36.2 Å². The van der Waals surface area contributed by atoms with Gasteiger partial charge in [-0.25, -0.2) is 80.6 Å². The Labute approximate surface area is 413 Å². The van der Waals surface area contributed by atoms with Gasteiger partial charge in [0.25, 0.3) is 0 Å². The molecule has 414 valence electrons. The predicted octanol–water partition coefficient (Wildman–Crippen LogP) is 14.5. The van der Waals surface area contributed by atoms with Gasteiger partial charge < -0.3 is 18.9 Å². The van der Waals surface area contributed by atoms with Crippen LogP contribution in [0.25, 0.3) is 41.8 Å². The summed E-state index contributed by atoms with van der Waals surface area (Å²) in [5.74, 6) is -42.2. The van der Waals surface area contributed by atoms with Crippen LogP contribution in [0.1, 0.15) is 78.2 Å². The van der Waals surface area contributed by atoms with Crippen LogP contribution in [-0.4, -0.2) is 49.3 Å². The van der Waals surface area contributed by atoms with Crippen molar-refractivity contribution in [2.45, 2.75) is 50.2 Å². The fraction of sp³-hybridized carbons (Fsp3) is 0.263. The minimum absolute atomic E-state index is 0.0162. The van der Waals surface area contributed by atoms with Crippen molar-refractivity contribution >= 4 is 46.6 Å². The van der Waals surface area contributed by atoms with Crippen molar-refractivity contribution in [3.8, 4) is 0 Å².